The van der Waals surface area contributed by atoms with Gasteiger partial charge in [-0.25, -0.2) is 9.97 Å². The fourth-order valence-corrected chi connectivity index (χ4v) is 11.7. The average molecular weight is 695 g/mol. The lowest BCUT2D eigenvalue weighted by molar-refractivity contribution is 1.01. The van der Waals surface area contributed by atoms with Gasteiger partial charge in [-0.1, -0.05) is 140 Å². The highest BCUT2D eigenvalue weighted by molar-refractivity contribution is 7.03. The summed E-state index contributed by atoms with van der Waals surface area (Å²) >= 11 is 0. The van der Waals surface area contributed by atoms with Crippen molar-refractivity contribution in [3.63, 3.8) is 0 Å². The Morgan fingerprint density at radius 3 is 1.66 bits per heavy atom. The maximum atomic E-state index is 5.58. The average Bonchev–Trinajstić information content (AvgIpc) is 3.81. The maximum Gasteiger partial charge on any atom is 0.235 e. The van der Waals surface area contributed by atoms with Gasteiger partial charge in [0.1, 0.15) is 8.07 Å². The minimum absolute atomic E-state index is 0.727. The summed E-state index contributed by atoms with van der Waals surface area (Å²) in [6, 6.07) is 61.3. The first-order valence-corrected chi connectivity index (χ1v) is 21.3. The van der Waals surface area contributed by atoms with Crippen LogP contribution in [0.5, 0.6) is 0 Å². The second-order valence-electron chi connectivity index (χ2n) is 14.6. The largest absolute Gasteiger partial charge is 0.309 e. The van der Waals surface area contributed by atoms with Crippen molar-refractivity contribution in [1.29, 1.82) is 0 Å². The number of para-hydroxylation sites is 3. The zero-order valence-electron chi connectivity index (χ0n) is 29.5. The second kappa shape index (κ2) is 11.2. The van der Waals surface area contributed by atoms with Crippen LogP contribution in [0.3, 0.4) is 0 Å². The van der Waals surface area contributed by atoms with Crippen LogP contribution < -0.4 is 10.5 Å². The van der Waals surface area contributed by atoms with Gasteiger partial charge in [0.15, 0.2) is 0 Å². The van der Waals surface area contributed by atoms with E-state index in [0.29, 0.717) is 0 Å². The Morgan fingerprint density at radius 2 is 0.962 bits per heavy atom. The topological polar surface area (TPSA) is 35.6 Å². The molecule has 10 aromatic rings. The first-order chi connectivity index (χ1) is 26.1. The molecule has 1 aliphatic heterocycles. The van der Waals surface area contributed by atoms with E-state index in [1.54, 1.807) is 0 Å². The molecule has 4 heterocycles. The molecule has 0 bridgehead atoms. The maximum absolute atomic E-state index is 5.58. The molecule has 0 unspecified atom stereocenters. The van der Waals surface area contributed by atoms with Crippen molar-refractivity contribution in [3.8, 4) is 45.1 Å². The van der Waals surface area contributed by atoms with E-state index in [4.69, 9.17) is 9.97 Å². The molecule has 0 radical (unpaired) electrons. The summed E-state index contributed by atoms with van der Waals surface area (Å²) in [5, 5.41) is 7.46. The molecule has 0 aliphatic carbocycles. The van der Waals surface area contributed by atoms with Crippen molar-refractivity contribution in [1.82, 2.24) is 19.1 Å². The van der Waals surface area contributed by atoms with Crippen LogP contribution in [0.15, 0.2) is 170 Å². The highest BCUT2D eigenvalue weighted by Crippen LogP contribution is 2.40. The van der Waals surface area contributed by atoms with Gasteiger partial charge in [-0.2, -0.15) is 0 Å². The Balaban J connectivity index is 1.17. The predicted octanol–water partition coefficient (Wildman–Crippen LogP) is 10.8. The minimum Gasteiger partial charge on any atom is -0.309 e. The van der Waals surface area contributed by atoms with Gasteiger partial charge in [-0.05, 0) is 64.3 Å². The van der Waals surface area contributed by atoms with E-state index in [9.17, 15) is 0 Å². The third-order valence-corrected chi connectivity index (χ3v) is 14.6. The molecule has 5 heteroatoms. The molecular weight excluding hydrogens is 661 g/mol. The quantitative estimate of drug-likeness (QED) is 0.172. The molecule has 0 amide bonds. The molecule has 53 heavy (non-hydrogen) atoms. The predicted molar refractivity (Wildman–Crippen MR) is 224 cm³/mol. The number of fused-ring (bicyclic) bond motifs is 9. The molecule has 0 fully saturated rings. The molecular formula is C48H34N4Si. The van der Waals surface area contributed by atoms with Gasteiger partial charge in [0.2, 0.25) is 5.95 Å². The van der Waals surface area contributed by atoms with E-state index in [1.165, 1.54) is 65.3 Å². The number of hydrogen-bond donors (Lipinski definition) is 0. The number of rotatable bonds is 4. The lowest BCUT2D eigenvalue weighted by atomic mass is 9.99. The number of benzene rings is 7. The van der Waals surface area contributed by atoms with E-state index < -0.39 is 8.07 Å². The molecule has 11 rings (SSSR count). The van der Waals surface area contributed by atoms with E-state index in [2.05, 4.69) is 192 Å². The van der Waals surface area contributed by atoms with E-state index >= 15 is 0 Å². The fourth-order valence-electron chi connectivity index (χ4n) is 8.81. The Hall–Kier alpha value is -6.56. The Labute approximate surface area is 308 Å². The third kappa shape index (κ3) is 4.35. The zero-order valence-corrected chi connectivity index (χ0v) is 30.5. The monoisotopic (exact) mass is 694 g/mol. The highest BCUT2D eigenvalue weighted by Gasteiger charge is 2.41. The van der Waals surface area contributed by atoms with Crippen LogP contribution in [-0.4, -0.2) is 27.2 Å². The van der Waals surface area contributed by atoms with Crippen LogP contribution in [-0.2, 0) is 0 Å². The van der Waals surface area contributed by atoms with Gasteiger partial charge >= 0.3 is 0 Å². The van der Waals surface area contributed by atoms with E-state index in [-0.39, 0.29) is 0 Å². The minimum atomic E-state index is -2.16. The molecule has 7 aromatic carbocycles. The molecule has 0 saturated carbocycles. The van der Waals surface area contributed by atoms with Gasteiger partial charge in [-0.3, -0.25) is 4.57 Å². The first-order valence-electron chi connectivity index (χ1n) is 18.3. The molecule has 0 saturated heterocycles. The van der Waals surface area contributed by atoms with Crippen LogP contribution in [0.25, 0.3) is 88.8 Å². The molecule has 0 N–H and O–H groups in total. The van der Waals surface area contributed by atoms with Gasteiger partial charge < -0.3 is 4.57 Å². The molecule has 250 valence electrons. The first kappa shape index (κ1) is 30.1. The van der Waals surface area contributed by atoms with Crippen molar-refractivity contribution in [2.75, 3.05) is 0 Å². The summed E-state index contributed by atoms with van der Waals surface area (Å²) in [6.07, 6.45) is 0. The van der Waals surface area contributed by atoms with Gasteiger partial charge in [0.05, 0.1) is 27.8 Å². The van der Waals surface area contributed by atoms with Crippen LogP contribution in [0, 0.1) is 0 Å². The van der Waals surface area contributed by atoms with Crippen molar-refractivity contribution in [2.24, 2.45) is 0 Å². The summed E-state index contributed by atoms with van der Waals surface area (Å²) in [6.45, 7) is 4.87. The smallest absolute Gasteiger partial charge is 0.235 e. The highest BCUT2D eigenvalue weighted by atomic mass is 28.3. The lowest BCUT2D eigenvalue weighted by Gasteiger charge is -2.19. The van der Waals surface area contributed by atoms with Crippen molar-refractivity contribution in [2.45, 2.75) is 13.1 Å². The van der Waals surface area contributed by atoms with Gasteiger partial charge in [0, 0.05) is 43.7 Å². The van der Waals surface area contributed by atoms with E-state index in [1.807, 2.05) is 0 Å². The zero-order chi connectivity index (χ0) is 35.3. The normalized spacial score (nSPS) is 13.2. The number of aromatic nitrogens is 4. The summed E-state index contributed by atoms with van der Waals surface area (Å²) in [4.78, 5) is 11.1. The summed E-state index contributed by atoms with van der Waals surface area (Å²) in [7, 11) is -2.16. The molecule has 1 aliphatic rings. The van der Waals surface area contributed by atoms with Gasteiger partial charge in [0.25, 0.3) is 0 Å². The summed E-state index contributed by atoms with van der Waals surface area (Å²) in [5.41, 5.74) is 12.7. The second-order valence-corrected chi connectivity index (χ2v) is 18.9. The Morgan fingerprint density at radius 1 is 0.434 bits per heavy atom. The van der Waals surface area contributed by atoms with Crippen molar-refractivity contribution >= 4 is 62.2 Å². The summed E-state index contributed by atoms with van der Waals surface area (Å²) in [5.74, 6) is 0.727. The standard InChI is InChI=1S/C48H34N4Si/c1-53(2)44-23-13-9-19-38(44)45-46(49-48(50-47(45)53)52-41-21-11-6-16-35(41)36-17-7-12-22-42(36)52)33-26-29-43-39(30-33)37-18-8-10-20-40(37)51(43)34-27-24-32(25-28-34)31-14-4-3-5-15-31/h3-30H,1-2H3. The van der Waals surface area contributed by atoms with Crippen LogP contribution in [0.2, 0.25) is 13.1 Å². The number of hydrogen-bond acceptors (Lipinski definition) is 2. The lowest BCUT2D eigenvalue weighted by Crippen LogP contribution is -2.51. The molecule has 0 atom stereocenters. The fraction of sp³-hybridized carbons (Fsp3) is 0.0417. The summed E-state index contributed by atoms with van der Waals surface area (Å²) < 4.78 is 4.66. The van der Waals surface area contributed by atoms with Crippen LogP contribution in [0.4, 0.5) is 0 Å². The van der Waals surface area contributed by atoms with Gasteiger partial charge in [-0.15, -0.1) is 0 Å². The molecule has 4 nitrogen and oxygen atoms in total. The molecule has 0 spiro atoms. The third-order valence-electron chi connectivity index (χ3n) is 11.3. The molecule has 3 aromatic heterocycles. The van der Waals surface area contributed by atoms with E-state index in [0.717, 1.165) is 33.9 Å². The van der Waals surface area contributed by atoms with Crippen LogP contribution >= 0.6 is 0 Å². The number of nitrogens with zero attached hydrogens (tertiary/aromatic N) is 4. The Bertz CT molecular complexity index is 3030. The van der Waals surface area contributed by atoms with Crippen molar-refractivity contribution in [3.05, 3.63) is 170 Å². The SMILES string of the molecule is C[Si]1(C)c2ccccc2-c2c(-c3ccc4c(c3)c3ccccc3n4-c3ccc(-c4ccccc4)cc3)nc(-n3c4ccccc4c4ccccc43)nc21. The van der Waals surface area contributed by atoms with Crippen molar-refractivity contribution < 1.29 is 0 Å². The Kier molecular flexibility index (Phi) is 6.37. The van der Waals surface area contributed by atoms with Crippen LogP contribution in [0.1, 0.15) is 0 Å².